The van der Waals surface area contributed by atoms with Crippen molar-refractivity contribution >= 4 is 17.2 Å². The van der Waals surface area contributed by atoms with E-state index in [4.69, 9.17) is 0 Å². The largest absolute Gasteiger partial charge is 0.336 e. The zero-order chi connectivity index (χ0) is 14.1. The number of nitrogens with zero attached hydrogens (tertiary/aromatic N) is 3. The molecule has 0 saturated carbocycles. The first kappa shape index (κ1) is 13.1. The van der Waals surface area contributed by atoms with Gasteiger partial charge in [-0.25, -0.2) is 0 Å². The fourth-order valence-electron chi connectivity index (χ4n) is 2.42. The van der Waals surface area contributed by atoms with Gasteiger partial charge in [0.2, 0.25) is 5.91 Å². The van der Waals surface area contributed by atoms with Crippen LogP contribution in [-0.2, 0) is 24.3 Å². The van der Waals surface area contributed by atoms with Crippen molar-refractivity contribution in [2.75, 3.05) is 6.54 Å². The van der Waals surface area contributed by atoms with Crippen molar-refractivity contribution in [1.29, 1.82) is 0 Å². The third-order valence-corrected chi connectivity index (χ3v) is 4.61. The van der Waals surface area contributed by atoms with Gasteiger partial charge in [0.05, 0.1) is 6.20 Å². The van der Waals surface area contributed by atoms with Crippen LogP contribution in [-0.4, -0.2) is 26.9 Å². The van der Waals surface area contributed by atoms with Crippen molar-refractivity contribution in [2.45, 2.75) is 26.4 Å². The molecular weight excluding hydrogens is 274 g/mol. The quantitative estimate of drug-likeness (QED) is 0.834. The standard InChI is InChI=1S/C14H15N3O2S/c1-10-6-15-7-13(18)17(10)9-14(19)16-4-2-12-11(8-16)3-5-20-12/h3,5-7H,2,4,8-9H2,1H3. The van der Waals surface area contributed by atoms with Gasteiger partial charge >= 0.3 is 0 Å². The Morgan fingerprint density at radius 3 is 3.10 bits per heavy atom. The van der Waals surface area contributed by atoms with E-state index in [-0.39, 0.29) is 18.0 Å². The summed E-state index contributed by atoms with van der Waals surface area (Å²) in [4.78, 5) is 31.1. The molecule has 2 aromatic rings. The molecule has 1 amide bonds. The molecule has 3 rings (SSSR count). The SMILES string of the molecule is Cc1cncc(=O)n1CC(=O)N1CCc2sccc2C1. The lowest BCUT2D eigenvalue weighted by molar-refractivity contribution is -0.132. The number of aromatic nitrogens is 2. The third kappa shape index (κ3) is 2.38. The average molecular weight is 289 g/mol. The third-order valence-electron chi connectivity index (χ3n) is 3.59. The fourth-order valence-corrected chi connectivity index (χ4v) is 3.31. The first-order valence-electron chi connectivity index (χ1n) is 6.49. The topological polar surface area (TPSA) is 55.2 Å². The van der Waals surface area contributed by atoms with Gasteiger partial charge in [-0.15, -0.1) is 11.3 Å². The van der Waals surface area contributed by atoms with E-state index >= 15 is 0 Å². The number of fused-ring (bicyclic) bond motifs is 1. The summed E-state index contributed by atoms with van der Waals surface area (Å²) in [6.07, 6.45) is 3.75. The van der Waals surface area contributed by atoms with Crippen molar-refractivity contribution < 1.29 is 4.79 Å². The summed E-state index contributed by atoms with van der Waals surface area (Å²) in [5.41, 5.74) is 1.71. The van der Waals surface area contributed by atoms with Gasteiger partial charge in [-0.1, -0.05) is 0 Å². The number of thiophene rings is 1. The lowest BCUT2D eigenvalue weighted by Gasteiger charge is -2.27. The Bertz CT molecular complexity index is 704. The second-order valence-corrected chi connectivity index (χ2v) is 5.91. The molecule has 0 aromatic carbocycles. The Balaban J connectivity index is 1.76. The predicted molar refractivity (Wildman–Crippen MR) is 76.7 cm³/mol. The van der Waals surface area contributed by atoms with E-state index in [1.165, 1.54) is 21.2 Å². The molecule has 20 heavy (non-hydrogen) atoms. The van der Waals surface area contributed by atoms with Crippen LogP contribution in [0.4, 0.5) is 0 Å². The molecule has 0 N–H and O–H groups in total. The molecule has 6 heteroatoms. The van der Waals surface area contributed by atoms with Crippen molar-refractivity contribution in [3.05, 3.63) is 50.3 Å². The lowest BCUT2D eigenvalue weighted by Crippen LogP contribution is -2.39. The van der Waals surface area contributed by atoms with E-state index in [0.29, 0.717) is 12.2 Å². The van der Waals surface area contributed by atoms with Crippen LogP contribution in [0.2, 0.25) is 0 Å². The Kier molecular flexibility index (Phi) is 3.40. The van der Waals surface area contributed by atoms with Crippen LogP contribution in [0.3, 0.4) is 0 Å². The van der Waals surface area contributed by atoms with Gasteiger partial charge < -0.3 is 9.47 Å². The molecule has 0 atom stereocenters. The average Bonchev–Trinajstić information content (AvgIpc) is 2.90. The summed E-state index contributed by atoms with van der Waals surface area (Å²) in [5.74, 6) is -0.0155. The summed E-state index contributed by atoms with van der Waals surface area (Å²) in [6, 6.07) is 2.07. The Labute approximate surface area is 120 Å². The van der Waals surface area contributed by atoms with Gasteiger partial charge in [0.25, 0.3) is 5.56 Å². The van der Waals surface area contributed by atoms with E-state index in [9.17, 15) is 9.59 Å². The highest BCUT2D eigenvalue weighted by atomic mass is 32.1. The van der Waals surface area contributed by atoms with Gasteiger partial charge in [-0.2, -0.15) is 0 Å². The molecule has 2 aromatic heterocycles. The molecule has 0 unspecified atom stereocenters. The van der Waals surface area contributed by atoms with E-state index in [2.05, 4.69) is 16.4 Å². The Hall–Kier alpha value is -1.95. The molecule has 0 aliphatic carbocycles. The number of carbonyl (C=O) groups is 1. The predicted octanol–water partition coefficient (Wildman–Crippen LogP) is 1.20. The molecule has 3 heterocycles. The molecule has 0 radical (unpaired) electrons. The summed E-state index contributed by atoms with van der Waals surface area (Å²) >= 11 is 1.75. The normalized spacial score (nSPS) is 14.2. The van der Waals surface area contributed by atoms with Gasteiger partial charge in [-0.3, -0.25) is 14.6 Å². The van der Waals surface area contributed by atoms with Gasteiger partial charge in [0.1, 0.15) is 6.54 Å². The molecule has 5 nitrogen and oxygen atoms in total. The Morgan fingerprint density at radius 2 is 2.30 bits per heavy atom. The maximum absolute atomic E-state index is 12.4. The van der Waals surface area contributed by atoms with Crippen molar-refractivity contribution in [1.82, 2.24) is 14.5 Å². The molecule has 0 saturated heterocycles. The van der Waals surface area contributed by atoms with Crippen molar-refractivity contribution in [3.8, 4) is 0 Å². The van der Waals surface area contributed by atoms with E-state index in [1.54, 1.807) is 24.5 Å². The zero-order valence-corrected chi connectivity index (χ0v) is 12.0. The number of hydrogen-bond donors (Lipinski definition) is 0. The van der Waals surface area contributed by atoms with Crippen molar-refractivity contribution in [2.24, 2.45) is 0 Å². The minimum Gasteiger partial charge on any atom is -0.336 e. The van der Waals surface area contributed by atoms with E-state index in [0.717, 1.165) is 13.0 Å². The highest BCUT2D eigenvalue weighted by molar-refractivity contribution is 7.10. The highest BCUT2D eigenvalue weighted by Crippen LogP contribution is 2.24. The minimum atomic E-state index is -0.230. The monoisotopic (exact) mass is 289 g/mol. The first-order valence-corrected chi connectivity index (χ1v) is 7.37. The van der Waals surface area contributed by atoms with Crippen LogP contribution >= 0.6 is 11.3 Å². The summed E-state index contributed by atoms with van der Waals surface area (Å²) < 4.78 is 1.47. The molecule has 0 bridgehead atoms. The minimum absolute atomic E-state index is 0.0155. The second kappa shape index (κ2) is 5.20. The summed E-state index contributed by atoms with van der Waals surface area (Å²) in [6.45, 7) is 3.25. The highest BCUT2D eigenvalue weighted by Gasteiger charge is 2.22. The fraction of sp³-hybridized carbons (Fsp3) is 0.357. The maximum Gasteiger partial charge on any atom is 0.269 e. The van der Waals surface area contributed by atoms with Crippen LogP contribution in [0.1, 0.15) is 16.1 Å². The summed E-state index contributed by atoms with van der Waals surface area (Å²) in [7, 11) is 0. The molecule has 0 spiro atoms. The number of aryl methyl sites for hydroxylation is 1. The summed E-state index contributed by atoms with van der Waals surface area (Å²) in [5, 5.41) is 2.07. The number of amides is 1. The molecular formula is C14H15N3O2S. The van der Waals surface area contributed by atoms with Crippen LogP contribution < -0.4 is 5.56 Å². The molecule has 1 aliphatic rings. The zero-order valence-electron chi connectivity index (χ0n) is 11.2. The van der Waals surface area contributed by atoms with Gasteiger partial charge in [0.15, 0.2) is 0 Å². The van der Waals surface area contributed by atoms with E-state index in [1.807, 2.05) is 4.90 Å². The van der Waals surface area contributed by atoms with Gasteiger partial charge in [-0.05, 0) is 30.4 Å². The maximum atomic E-state index is 12.4. The lowest BCUT2D eigenvalue weighted by atomic mass is 10.1. The number of carbonyl (C=O) groups excluding carboxylic acids is 1. The molecule has 0 fully saturated rings. The Morgan fingerprint density at radius 1 is 1.45 bits per heavy atom. The smallest absolute Gasteiger partial charge is 0.269 e. The number of hydrogen-bond acceptors (Lipinski definition) is 4. The molecule has 104 valence electrons. The molecule has 1 aliphatic heterocycles. The van der Waals surface area contributed by atoms with Crippen LogP contribution in [0, 0.1) is 6.92 Å². The van der Waals surface area contributed by atoms with Gasteiger partial charge in [0, 0.05) is 29.9 Å². The van der Waals surface area contributed by atoms with Crippen LogP contribution in [0.15, 0.2) is 28.6 Å². The van der Waals surface area contributed by atoms with E-state index < -0.39 is 0 Å². The van der Waals surface area contributed by atoms with Crippen LogP contribution in [0.25, 0.3) is 0 Å². The van der Waals surface area contributed by atoms with Crippen LogP contribution in [0.5, 0.6) is 0 Å². The first-order chi connectivity index (χ1) is 9.65. The van der Waals surface area contributed by atoms with Crippen molar-refractivity contribution in [3.63, 3.8) is 0 Å². The number of rotatable bonds is 2. The second-order valence-electron chi connectivity index (χ2n) is 4.91.